The van der Waals surface area contributed by atoms with Crippen LogP contribution in [0.1, 0.15) is 24.5 Å². The molecule has 2 saturated heterocycles. The van der Waals surface area contributed by atoms with E-state index in [1.54, 1.807) is 9.80 Å². The number of aliphatic carboxylic acids is 1. The molecule has 3 atom stereocenters. The van der Waals surface area contributed by atoms with Gasteiger partial charge in [0, 0.05) is 31.7 Å². The molecule has 1 unspecified atom stereocenters. The number of carbonyl (C=O) groups is 3. The van der Waals surface area contributed by atoms with Crippen molar-refractivity contribution in [3.05, 3.63) is 29.3 Å². The zero-order valence-corrected chi connectivity index (χ0v) is 14.9. The van der Waals surface area contributed by atoms with Crippen LogP contribution < -0.4 is 4.90 Å². The quantitative estimate of drug-likeness (QED) is 0.907. The Hall–Kier alpha value is -2.37. The zero-order chi connectivity index (χ0) is 18.3. The minimum atomic E-state index is -0.859. The first-order valence-electron chi connectivity index (χ1n) is 8.67. The van der Waals surface area contributed by atoms with E-state index in [2.05, 4.69) is 0 Å². The lowest BCUT2D eigenvalue weighted by Crippen LogP contribution is -2.36. The molecule has 0 saturated carbocycles. The van der Waals surface area contributed by atoms with Gasteiger partial charge in [0.05, 0.1) is 11.8 Å². The van der Waals surface area contributed by atoms with Gasteiger partial charge in [-0.1, -0.05) is 19.1 Å². The molecule has 1 N–H and O–H groups in total. The third-order valence-corrected chi connectivity index (χ3v) is 5.58. The van der Waals surface area contributed by atoms with Crippen LogP contribution in [0.25, 0.3) is 0 Å². The highest BCUT2D eigenvalue weighted by molar-refractivity contribution is 6.01. The maximum Gasteiger partial charge on any atom is 0.308 e. The molecule has 0 bridgehead atoms. The molecule has 6 heteroatoms. The lowest BCUT2D eigenvalue weighted by molar-refractivity contribution is -0.142. The molecule has 2 fully saturated rings. The second-order valence-corrected chi connectivity index (χ2v) is 7.29. The van der Waals surface area contributed by atoms with Gasteiger partial charge in [-0.2, -0.15) is 0 Å². The van der Waals surface area contributed by atoms with Crippen molar-refractivity contribution in [2.24, 2.45) is 17.8 Å². The number of rotatable bonds is 3. The lowest BCUT2D eigenvalue weighted by atomic mass is 9.99. The third kappa shape index (κ3) is 3.13. The molecule has 1 aromatic carbocycles. The Morgan fingerprint density at radius 2 is 1.88 bits per heavy atom. The molecule has 2 aliphatic rings. The van der Waals surface area contributed by atoms with E-state index in [1.165, 1.54) is 0 Å². The van der Waals surface area contributed by atoms with Gasteiger partial charge in [0.15, 0.2) is 0 Å². The minimum absolute atomic E-state index is 0.0471. The van der Waals surface area contributed by atoms with E-state index in [0.29, 0.717) is 13.1 Å². The Kier molecular flexibility index (Phi) is 4.54. The SMILES string of the molecule is Cc1cccc(N2CC(C(=O)N3C[C@@H](C)[C@H](C(=O)O)C3)CC2=O)c1C. The highest BCUT2D eigenvalue weighted by Crippen LogP contribution is 2.32. The van der Waals surface area contributed by atoms with E-state index in [-0.39, 0.29) is 30.7 Å². The Morgan fingerprint density at radius 3 is 2.52 bits per heavy atom. The van der Waals surface area contributed by atoms with E-state index in [9.17, 15) is 19.5 Å². The fourth-order valence-corrected chi connectivity index (χ4v) is 3.86. The van der Waals surface area contributed by atoms with Crippen LogP contribution in [0.4, 0.5) is 5.69 Å². The summed E-state index contributed by atoms with van der Waals surface area (Å²) in [4.78, 5) is 39.8. The van der Waals surface area contributed by atoms with Crippen LogP contribution in [-0.4, -0.2) is 47.4 Å². The van der Waals surface area contributed by atoms with Gasteiger partial charge in [-0.3, -0.25) is 14.4 Å². The summed E-state index contributed by atoms with van der Waals surface area (Å²) in [6.07, 6.45) is 0.189. The molecule has 6 nitrogen and oxygen atoms in total. The van der Waals surface area contributed by atoms with Crippen LogP contribution in [0.5, 0.6) is 0 Å². The van der Waals surface area contributed by atoms with Gasteiger partial charge >= 0.3 is 5.97 Å². The van der Waals surface area contributed by atoms with Crippen LogP contribution in [0.15, 0.2) is 18.2 Å². The monoisotopic (exact) mass is 344 g/mol. The number of aryl methyl sites for hydroxylation is 1. The number of carboxylic acids is 1. The summed E-state index contributed by atoms with van der Waals surface area (Å²) in [6, 6.07) is 5.82. The summed E-state index contributed by atoms with van der Waals surface area (Å²) in [5.74, 6) is -1.98. The Labute approximate surface area is 147 Å². The van der Waals surface area contributed by atoms with Crippen molar-refractivity contribution < 1.29 is 19.5 Å². The number of carboxylic acid groups (broad SMARTS) is 1. The molecule has 0 aliphatic carbocycles. The topological polar surface area (TPSA) is 77.9 Å². The number of benzene rings is 1. The second kappa shape index (κ2) is 6.50. The molecule has 0 spiro atoms. The van der Waals surface area contributed by atoms with Gasteiger partial charge in [0.2, 0.25) is 11.8 Å². The molecule has 3 rings (SSSR count). The van der Waals surface area contributed by atoms with Gasteiger partial charge in [-0.15, -0.1) is 0 Å². The highest BCUT2D eigenvalue weighted by Gasteiger charge is 2.42. The number of likely N-dealkylation sites (tertiary alicyclic amines) is 1. The predicted molar refractivity (Wildman–Crippen MR) is 93.2 cm³/mol. The largest absolute Gasteiger partial charge is 0.481 e. The molecule has 2 aliphatic heterocycles. The van der Waals surface area contributed by atoms with Crippen molar-refractivity contribution in [2.75, 3.05) is 24.5 Å². The Morgan fingerprint density at radius 1 is 1.16 bits per heavy atom. The standard InChI is InChI=1S/C19H24N2O4/c1-11-5-4-6-16(13(11)3)21-9-14(7-17(21)22)18(23)20-8-12(2)15(10-20)19(24)25/h4-6,12,14-15H,7-10H2,1-3H3,(H,24,25)/t12-,14?,15-/m1/s1. The van der Waals surface area contributed by atoms with Gasteiger partial charge in [-0.05, 0) is 37.0 Å². The summed E-state index contributed by atoms with van der Waals surface area (Å²) in [6.45, 7) is 6.89. The molecule has 2 amide bonds. The normalized spacial score (nSPS) is 26.4. The Bertz CT molecular complexity index is 730. The van der Waals surface area contributed by atoms with Crippen molar-refractivity contribution >= 4 is 23.5 Å². The molecule has 0 aromatic heterocycles. The summed E-state index contributed by atoms with van der Waals surface area (Å²) >= 11 is 0. The highest BCUT2D eigenvalue weighted by atomic mass is 16.4. The average Bonchev–Trinajstić information content (AvgIpc) is 3.13. The maximum atomic E-state index is 12.8. The number of nitrogens with zero attached hydrogens (tertiary/aromatic N) is 2. The van der Waals surface area contributed by atoms with Crippen molar-refractivity contribution in [1.82, 2.24) is 4.90 Å². The van der Waals surface area contributed by atoms with E-state index < -0.39 is 17.8 Å². The number of anilines is 1. The van der Waals surface area contributed by atoms with Crippen molar-refractivity contribution in [1.29, 1.82) is 0 Å². The number of carbonyl (C=O) groups excluding carboxylic acids is 2. The van der Waals surface area contributed by atoms with Gasteiger partial charge in [-0.25, -0.2) is 0 Å². The fourth-order valence-electron chi connectivity index (χ4n) is 3.86. The summed E-state index contributed by atoms with van der Waals surface area (Å²) in [5, 5.41) is 9.24. The van der Waals surface area contributed by atoms with Crippen molar-refractivity contribution in [2.45, 2.75) is 27.2 Å². The number of hydrogen-bond acceptors (Lipinski definition) is 3. The van der Waals surface area contributed by atoms with Crippen molar-refractivity contribution in [3.8, 4) is 0 Å². The first-order chi connectivity index (χ1) is 11.8. The third-order valence-electron chi connectivity index (χ3n) is 5.58. The van der Waals surface area contributed by atoms with E-state index in [1.807, 2.05) is 39.0 Å². The van der Waals surface area contributed by atoms with E-state index >= 15 is 0 Å². The number of amides is 2. The molecular formula is C19H24N2O4. The fraction of sp³-hybridized carbons (Fsp3) is 0.526. The van der Waals surface area contributed by atoms with Gasteiger partial charge < -0.3 is 14.9 Å². The molecular weight excluding hydrogens is 320 g/mol. The molecule has 1 aromatic rings. The van der Waals surface area contributed by atoms with Gasteiger partial charge in [0.25, 0.3) is 0 Å². The smallest absolute Gasteiger partial charge is 0.308 e. The molecule has 134 valence electrons. The molecule has 0 radical (unpaired) electrons. The molecule has 2 heterocycles. The molecule has 25 heavy (non-hydrogen) atoms. The Balaban J connectivity index is 1.73. The van der Waals surface area contributed by atoms with Crippen LogP contribution in [0, 0.1) is 31.6 Å². The van der Waals surface area contributed by atoms with Crippen molar-refractivity contribution in [3.63, 3.8) is 0 Å². The van der Waals surface area contributed by atoms with Crippen LogP contribution in [0.2, 0.25) is 0 Å². The lowest BCUT2D eigenvalue weighted by Gasteiger charge is -2.22. The first kappa shape index (κ1) is 17.5. The average molecular weight is 344 g/mol. The van der Waals surface area contributed by atoms with E-state index in [4.69, 9.17) is 0 Å². The van der Waals surface area contributed by atoms with Gasteiger partial charge in [0.1, 0.15) is 0 Å². The number of hydrogen-bond donors (Lipinski definition) is 1. The maximum absolute atomic E-state index is 12.8. The predicted octanol–water partition coefficient (Wildman–Crippen LogP) is 1.84. The summed E-state index contributed by atoms with van der Waals surface area (Å²) in [5.41, 5.74) is 3.01. The zero-order valence-electron chi connectivity index (χ0n) is 14.9. The summed E-state index contributed by atoms with van der Waals surface area (Å²) < 4.78 is 0. The van der Waals surface area contributed by atoms with Crippen LogP contribution >= 0.6 is 0 Å². The minimum Gasteiger partial charge on any atom is -0.481 e. The van der Waals surface area contributed by atoms with E-state index in [0.717, 1.165) is 16.8 Å². The second-order valence-electron chi connectivity index (χ2n) is 7.29. The van der Waals surface area contributed by atoms with Crippen LogP contribution in [-0.2, 0) is 14.4 Å². The van der Waals surface area contributed by atoms with Crippen LogP contribution in [0.3, 0.4) is 0 Å². The summed E-state index contributed by atoms with van der Waals surface area (Å²) in [7, 11) is 0. The first-order valence-corrected chi connectivity index (χ1v) is 8.67.